The number of hydroxylamine groups is 1. The van der Waals surface area contributed by atoms with Crippen LogP contribution in [0.3, 0.4) is 0 Å². The van der Waals surface area contributed by atoms with E-state index in [2.05, 4.69) is 21.1 Å². The van der Waals surface area contributed by atoms with Crippen LogP contribution in [0.15, 0.2) is 79.0 Å². The number of nitrogens with zero attached hydrogens (tertiary/aromatic N) is 1. The van der Waals surface area contributed by atoms with E-state index < -0.39 is 52.8 Å². The third kappa shape index (κ3) is 8.67. The Bertz CT molecular complexity index is 1840. The van der Waals surface area contributed by atoms with Gasteiger partial charge in [0.05, 0.1) is 34.1 Å². The molecule has 0 spiro atoms. The zero-order valence-electron chi connectivity index (χ0n) is 26.6. The highest BCUT2D eigenvalue weighted by Crippen LogP contribution is 2.37. The zero-order valence-corrected chi connectivity index (χ0v) is 27.3. The Morgan fingerprint density at radius 1 is 0.898 bits per heavy atom. The number of urea groups is 1. The number of aromatic nitrogens is 1. The van der Waals surface area contributed by atoms with Crippen molar-refractivity contribution >= 4 is 47.5 Å². The second-order valence-electron chi connectivity index (χ2n) is 11.9. The lowest BCUT2D eigenvalue weighted by Gasteiger charge is -2.32. The number of benzene rings is 3. The number of amides is 3. The molecule has 4 aromatic rings. The molecule has 1 saturated heterocycles. The summed E-state index contributed by atoms with van der Waals surface area (Å²) in [5.41, 5.74) is 1.38. The van der Waals surface area contributed by atoms with Gasteiger partial charge in [-0.15, -0.1) is 0 Å². The smallest absolute Gasteiger partial charge is 0.457 e. The Morgan fingerprint density at radius 3 is 2.22 bits per heavy atom. The fourth-order valence-corrected chi connectivity index (χ4v) is 4.71. The summed E-state index contributed by atoms with van der Waals surface area (Å²) < 4.78 is 71.9. The number of nitrogens with one attached hydrogen (secondary N) is 3. The van der Waals surface area contributed by atoms with Crippen molar-refractivity contribution < 1.29 is 46.0 Å². The highest BCUT2D eigenvalue weighted by molar-refractivity contribution is 6.62. The van der Waals surface area contributed by atoms with E-state index >= 15 is 0 Å². The van der Waals surface area contributed by atoms with Gasteiger partial charge in [-0.25, -0.2) is 14.7 Å². The lowest BCUT2D eigenvalue weighted by molar-refractivity contribution is -0.137. The Balaban J connectivity index is 1.12. The van der Waals surface area contributed by atoms with Crippen molar-refractivity contribution in [2.24, 2.45) is 0 Å². The molecule has 0 radical (unpaired) electrons. The predicted molar refractivity (Wildman–Crippen MR) is 174 cm³/mol. The van der Waals surface area contributed by atoms with E-state index in [1.165, 1.54) is 36.5 Å². The Morgan fingerprint density at radius 2 is 1.57 bits per heavy atom. The minimum atomic E-state index is -4.73. The lowest BCUT2D eigenvalue weighted by Crippen LogP contribution is -2.41. The topological polar surface area (TPSA) is 120 Å². The van der Waals surface area contributed by atoms with Crippen LogP contribution in [0.2, 0.25) is 5.02 Å². The van der Waals surface area contributed by atoms with Crippen LogP contribution in [0.1, 0.15) is 49.3 Å². The molecule has 0 unspecified atom stereocenters. The van der Waals surface area contributed by atoms with Crippen molar-refractivity contribution in [3.05, 3.63) is 107 Å². The van der Waals surface area contributed by atoms with Gasteiger partial charge in [0.15, 0.2) is 0 Å². The maximum atomic E-state index is 14.8. The summed E-state index contributed by atoms with van der Waals surface area (Å²) in [6, 6.07) is 15.5. The van der Waals surface area contributed by atoms with Crippen molar-refractivity contribution in [2.45, 2.75) is 51.7 Å². The standard InChI is InChI=1S/C33H30BClF4N4O6/c1-31(2)32(3,4)49-34(48-31)20-7-5-19(6-8-20)18-46-43-29(44)28-17-23(13-14-40-28)47-22-10-12-27(26(36)16-22)42-30(45)41-21-9-11-25(35)24(15-21)33(37,38)39/h5-17H,18H2,1-4H3,(H,43,44)(H2,41,42,45). The summed E-state index contributed by atoms with van der Waals surface area (Å²) in [6.45, 7) is 7.97. The van der Waals surface area contributed by atoms with Crippen LogP contribution in [0.4, 0.5) is 33.7 Å². The molecule has 5 rings (SSSR count). The molecule has 16 heteroatoms. The van der Waals surface area contributed by atoms with E-state index in [9.17, 15) is 27.2 Å². The number of ether oxygens (including phenoxy) is 1. The number of rotatable bonds is 9. The average Bonchev–Trinajstić information content (AvgIpc) is 3.25. The predicted octanol–water partition coefficient (Wildman–Crippen LogP) is 7.49. The Kier molecular flexibility index (Phi) is 10.2. The minimum Gasteiger partial charge on any atom is -0.457 e. The molecular formula is C33H30BClF4N4O6. The number of carbonyl (C=O) groups is 2. The number of alkyl halides is 3. The van der Waals surface area contributed by atoms with Crippen molar-refractivity contribution in [1.82, 2.24) is 10.5 Å². The average molecular weight is 701 g/mol. The van der Waals surface area contributed by atoms with Crippen molar-refractivity contribution in [3.63, 3.8) is 0 Å². The van der Waals surface area contributed by atoms with Crippen molar-refractivity contribution in [3.8, 4) is 11.5 Å². The van der Waals surface area contributed by atoms with Crippen LogP contribution < -0.4 is 26.3 Å². The van der Waals surface area contributed by atoms with Gasteiger partial charge in [0, 0.05) is 24.0 Å². The maximum absolute atomic E-state index is 14.8. The summed E-state index contributed by atoms with van der Waals surface area (Å²) in [5, 5.41) is 3.88. The zero-order chi connectivity index (χ0) is 35.6. The van der Waals surface area contributed by atoms with Gasteiger partial charge >= 0.3 is 19.3 Å². The number of hydrogen-bond donors (Lipinski definition) is 3. The fraction of sp³-hybridized carbons (Fsp3) is 0.242. The van der Waals surface area contributed by atoms with Gasteiger partial charge in [-0.1, -0.05) is 35.9 Å². The van der Waals surface area contributed by atoms with Crippen molar-refractivity contribution in [2.75, 3.05) is 10.6 Å². The van der Waals surface area contributed by atoms with Gasteiger partial charge in [0.1, 0.15) is 23.0 Å². The monoisotopic (exact) mass is 700 g/mol. The van der Waals surface area contributed by atoms with E-state index in [-0.39, 0.29) is 35.2 Å². The molecule has 0 saturated carbocycles. The van der Waals surface area contributed by atoms with E-state index in [4.69, 9.17) is 30.5 Å². The summed E-state index contributed by atoms with van der Waals surface area (Å²) in [4.78, 5) is 34.3. The number of pyridine rings is 1. The first-order valence-corrected chi connectivity index (χ1v) is 15.1. The van der Waals surface area contributed by atoms with E-state index in [0.717, 1.165) is 23.2 Å². The fourth-order valence-electron chi connectivity index (χ4n) is 4.49. The molecule has 1 aliphatic heterocycles. The number of carbonyl (C=O) groups excluding carboxylic acids is 2. The molecule has 49 heavy (non-hydrogen) atoms. The van der Waals surface area contributed by atoms with Crippen LogP contribution in [0, 0.1) is 5.82 Å². The summed E-state index contributed by atoms with van der Waals surface area (Å²) >= 11 is 5.59. The molecule has 1 aromatic heterocycles. The molecule has 0 atom stereocenters. The summed E-state index contributed by atoms with van der Waals surface area (Å²) in [6.07, 6.45) is -3.41. The largest absolute Gasteiger partial charge is 0.494 e. The normalized spacial score (nSPS) is 15.1. The van der Waals surface area contributed by atoms with E-state index in [1.54, 1.807) is 0 Å². The lowest BCUT2D eigenvalue weighted by atomic mass is 9.79. The molecule has 2 heterocycles. The molecule has 3 amide bonds. The molecule has 10 nitrogen and oxygen atoms in total. The highest BCUT2D eigenvalue weighted by Gasteiger charge is 2.51. The Labute approximate surface area is 284 Å². The van der Waals surface area contributed by atoms with Crippen LogP contribution in [-0.4, -0.2) is 35.2 Å². The first-order valence-electron chi connectivity index (χ1n) is 14.8. The molecule has 0 bridgehead atoms. The van der Waals surface area contributed by atoms with Crippen LogP contribution >= 0.6 is 11.6 Å². The van der Waals surface area contributed by atoms with Crippen molar-refractivity contribution in [1.29, 1.82) is 0 Å². The van der Waals surface area contributed by atoms with Gasteiger partial charge in [-0.3, -0.25) is 14.6 Å². The molecular weight excluding hydrogens is 671 g/mol. The van der Waals surface area contributed by atoms with E-state index in [0.29, 0.717) is 6.07 Å². The van der Waals surface area contributed by atoms with Crippen LogP contribution in [0.5, 0.6) is 11.5 Å². The van der Waals surface area contributed by atoms with E-state index in [1.807, 2.05) is 52.0 Å². The Hall–Kier alpha value is -4.70. The second kappa shape index (κ2) is 14.0. The van der Waals surface area contributed by atoms with Crippen LogP contribution in [0.25, 0.3) is 0 Å². The highest BCUT2D eigenvalue weighted by atomic mass is 35.5. The van der Waals surface area contributed by atoms with Gasteiger partial charge in [0.2, 0.25) is 0 Å². The molecule has 3 N–H and O–H groups in total. The summed E-state index contributed by atoms with van der Waals surface area (Å²) in [5.74, 6) is -1.38. The molecule has 1 aliphatic rings. The summed E-state index contributed by atoms with van der Waals surface area (Å²) in [7, 11) is -0.500. The maximum Gasteiger partial charge on any atom is 0.494 e. The van der Waals surface area contributed by atoms with Gasteiger partial charge < -0.3 is 24.7 Å². The first kappa shape index (κ1) is 35.6. The number of anilines is 2. The van der Waals surface area contributed by atoms with Gasteiger partial charge in [-0.05, 0) is 75.1 Å². The SMILES string of the molecule is CC1(C)OB(c2ccc(CONC(=O)c3cc(Oc4ccc(NC(=O)Nc5ccc(Cl)c(C(F)(F)F)c5)c(F)c4)ccn3)cc2)OC1(C)C. The molecule has 1 fully saturated rings. The number of hydrogen-bond acceptors (Lipinski definition) is 7. The van der Waals surface area contributed by atoms with Crippen LogP contribution in [-0.2, 0) is 26.9 Å². The number of halogens is 5. The van der Waals surface area contributed by atoms with Gasteiger partial charge in [0.25, 0.3) is 5.91 Å². The first-order chi connectivity index (χ1) is 23.0. The second-order valence-corrected chi connectivity index (χ2v) is 12.3. The van der Waals surface area contributed by atoms with Gasteiger partial charge in [-0.2, -0.15) is 13.2 Å². The minimum absolute atomic E-state index is 0.0220. The third-order valence-corrected chi connectivity index (χ3v) is 8.16. The quantitative estimate of drug-likeness (QED) is 0.0941. The molecule has 3 aromatic carbocycles. The third-order valence-electron chi connectivity index (χ3n) is 7.83. The molecule has 0 aliphatic carbocycles. The molecule has 256 valence electrons.